The number of carbonyl (C=O) groups is 2. The van der Waals surface area contributed by atoms with Crippen molar-refractivity contribution in [1.82, 2.24) is 0 Å². The number of hydrogen-bond acceptors (Lipinski definition) is 3. The van der Waals surface area contributed by atoms with Crippen LogP contribution in [0.5, 0.6) is 0 Å². The summed E-state index contributed by atoms with van der Waals surface area (Å²) in [6, 6.07) is 10.4. The van der Waals surface area contributed by atoms with Gasteiger partial charge in [0.15, 0.2) is 17.6 Å². The number of furan rings is 1. The molecule has 2 atom stereocenters. The molecule has 1 aromatic carbocycles. The molecular formula is C17H21N2O3+. The molecule has 1 amide bonds. The first-order valence-electron chi connectivity index (χ1n) is 7.27. The quantitative estimate of drug-likeness (QED) is 0.803. The Balaban J connectivity index is 1.92. The smallest absolute Gasteiger partial charge is 0.282 e. The lowest BCUT2D eigenvalue weighted by atomic mass is 10.1. The van der Waals surface area contributed by atoms with Crippen LogP contribution < -0.4 is 10.6 Å². The van der Waals surface area contributed by atoms with Gasteiger partial charge in [-0.25, -0.2) is 0 Å². The maximum atomic E-state index is 12.2. The van der Waals surface area contributed by atoms with Gasteiger partial charge in [-0.3, -0.25) is 9.59 Å². The number of amides is 1. The second-order valence-corrected chi connectivity index (χ2v) is 5.41. The first-order chi connectivity index (χ1) is 10.5. The summed E-state index contributed by atoms with van der Waals surface area (Å²) in [6.07, 6.45) is 1.63. The molecule has 0 saturated heterocycles. The van der Waals surface area contributed by atoms with Gasteiger partial charge in [-0.15, -0.1) is 0 Å². The standard InChI is InChI=1S/C17H20N2O3/c1-11(16-5-4-10-22-16)18-12(2)17(21)19-15-8-6-14(7-9-15)13(3)20/h4-12,18H,1-3H3,(H,19,21)/p+1/t11-,12+/m0/s1. The lowest BCUT2D eigenvalue weighted by Crippen LogP contribution is -2.91. The van der Waals surface area contributed by atoms with Crippen LogP contribution in [0.4, 0.5) is 5.69 Å². The maximum Gasteiger partial charge on any atom is 0.282 e. The number of benzene rings is 1. The molecule has 0 aliphatic heterocycles. The second kappa shape index (κ2) is 7.04. The van der Waals surface area contributed by atoms with Crippen LogP contribution in [0.3, 0.4) is 0 Å². The fourth-order valence-corrected chi connectivity index (χ4v) is 2.21. The maximum absolute atomic E-state index is 12.2. The molecule has 1 aromatic heterocycles. The number of nitrogens with two attached hydrogens (primary N) is 1. The van der Waals surface area contributed by atoms with Crippen molar-refractivity contribution in [3.63, 3.8) is 0 Å². The van der Waals surface area contributed by atoms with Crippen LogP contribution in [-0.2, 0) is 4.79 Å². The predicted molar refractivity (Wildman–Crippen MR) is 83.6 cm³/mol. The largest absolute Gasteiger partial charge is 0.463 e. The first-order valence-corrected chi connectivity index (χ1v) is 7.27. The molecule has 2 rings (SSSR count). The molecule has 0 bridgehead atoms. The third-order valence-electron chi connectivity index (χ3n) is 3.54. The molecule has 0 radical (unpaired) electrons. The predicted octanol–water partition coefficient (Wildman–Crippen LogP) is 2.13. The van der Waals surface area contributed by atoms with E-state index in [1.54, 1.807) is 30.5 Å². The molecular weight excluding hydrogens is 280 g/mol. The zero-order valence-corrected chi connectivity index (χ0v) is 13.0. The van der Waals surface area contributed by atoms with Gasteiger partial charge < -0.3 is 15.1 Å². The number of hydrogen-bond donors (Lipinski definition) is 2. The summed E-state index contributed by atoms with van der Waals surface area (Å²) >= 11 is 0. The van der Waals surface area contributed by atoms with Gasteiger partial charge in [0.25, 0.3) is 5.91 Å². The molecule has 2 aromatic rings. The van der Waals surface area contributed by atoms with Crippen molar-refractivity contribution in [3.05, 3.63) is 54.0 Å². The highest BCUT2D eigenvalue weighted by Crippen LogP contribution is 2.11. The Hall–Kier alpha value is -2.40. The Labute approximate surface area is 129 Å². The fraction of sp³-hybridized carbons (Fsp3) is 0.294. The van der Waals surface area contributed by atoms with Crippen molar-refractivity contribution in [1.29, 1.82) is 0 Å². The summed E-state index contributed by atoms with van der Waals surface area (Å²) < 4.78 is 5.33. The molecule has 0 aliphatic carbocycles. The molecule has 0 aliphatic rings. The van der Waals surface area contributed by atoms with E-state index in [0.717, 1.165) is 5.76 Å². The van der Waals surface area contributed by atoms with E-state index in [9.17, 15) is 9.59 Å². The SMILES string of the molecule is CC(=O)c1ccc(NC(=O)[C@@H](C)[NH2+][C@@H](C)c2ccco2)cc1. The Morgan fingerprint density at radius 3 is 2.36 bits per heavy atom. The van der Waals surface area contributed by atoms with Gasteiger partial charge >= 0.3 is 0 Å². The normalized spacial score (nSPS) is 13.4. The van der Waals surface area contributed by atoms with E-state index in [0.29, 0.717) is 11.3 Å². The van der Waals surface area contributed by atoms with Crippen molar-refractivity contribution in [2.45, 2.75) is 32.9 Å². The van der Waals surface area contributed by atoms with E-state index in [1.807, 2.05) is 31.3 Å². The van der Waals surface area contributed by atoms with Crippen LogP contribution in [0.25, 0.3) is 0 Å². The van der Waals surface area contributed by atoms with Crippen molar-refractivity contribution in [2.75, 3.05) is 5.32 Å². The van der Waals surface area contributed by atoms with Crippen LogP contribution in [-0.4, -0.2) is 17.7 Å². The number of anilines is 1. The fourth-order valence-electron chi connectivity index (χ4n) is 2.21. The lowest BCUT2D eigenvalue weighted by Gasteiger charge is -2.15. The van der Waals surface area contributed by atoms with Crippen LogP contribution in [0, 0.1) is 0 Å². The molecule has 116 valence electrons. The summed E-state index contributed by atoms with van der Waals surface area (Å²) in [5.41, 5.74) is 1.31. The lowest BCUT2D eigenvalue weighted by molar-refractivity contribution is -0.711. The first kappa shape index (κ1) is 16.0. The van der Waals surface area contributed by atoms with Crippen molar-refractivity contribution < 1.29 is 19.3 Å². The van der Waals surface area contributed by atoms with Gasteiger partial charge in [0, 0.05) is 11.3 Å². The monoisotopic (exact) mass is 301 g/mol. The Morgan fingerprint density at radius 1 is 1.14 bits per heavy atom. The topological polar surface area (TPSA) is 75.9 Å². The Kier molecular flexibility index (Phi) is 5.12. The minimum Gasteiger partial charge on any atom is -0.463 e. The molecule has 5 nitrogen and oxygen atoms in total. The van der Waals surface area contributed by atoms with Crippen LogP contribution in [0.15, 0.2) is 47.1 Å². The van der Waals surface area contributed by atoms with E-state index < -0.39 is 0 Å². The highest BCUT2D eigenvalue weighted by Gasteiger charge is 2.21. The van der Waals surface area contributed by atoms with Gasteiger partial charge in [-0.05, 0) is 57.2 Å². The molecule has 1 heterocycles. The number of carbonyl (C=O) groups excluding carboxylic acids is 2. The number of ketones is 1. The highest BCUT2D eigenvalue weighted by atomic mass is 16.3. The number of Topliss-reactive ketones (excluding diaryl/α,β-unsaturated/α-hetero) is 1. The summed E-state index contributed by atoms with van der Waals surface area (Å²) in [6.45, 7) is 5.35. The average Bonchev–Trinajstić information content (AvgIpc) is 3.02. The van der Waals surface area contributed by atoms with Gasteiger partial charge in [0.2, 0.25) is 0 Å². The van der Waals surface area contributed by atoms with Crippen molar-refractivity contribution in [2.24, 2.45) is 0 Å². The molecule has 0 fully saturated rings. The van der Waals surface area contributed by atoms with Crippen molar-refractivity contribution in [3.8, 4) is 0 Å². The number of nitrogens with one attached hydrogen (secondary N) is 1. The number of quaternary nitrogens is 1. The zero-order chi connectivity index (χ0) is 16.1. The minimum atomic E-state index is -0.257. The zero-order valence-electron chi connectivity index (χ0n) is 13.0. The Morgan fingerprint density at radius 2 is 1.82 bits per heavy atom. The Bertz CT molecular complexity index is 632. The van der Waals surface area contributed by atoms with Crippen LogP contribution in [0.1, 0.15) is 42.9 Å². The summed E-state index contributed by atoms with van der Waals surface area (Å²) in [4.78, 5) is 23.4. The third kappa shape index (κ3) is 4.05. The highest BCUT2D eigenvalue weighted by molar-refractivity contribution is 5.96. The molecule has 22 heavy (non-hydrogen) atoms. The van der Waals surface area contributed by atoms with Crippen LogP contribution in [0.2, 0.25) is 0 Å². The second-order valence-electron chi connectivity index (χ2n) is 5.41. The van der Waals surface area contributed by atoms with E-state index in [-0.39, 0.29) is 23.8 Å². The number of rotatable bonds is 6. The third-order valence-corrected chi connectivity index (χ3v) is 3.54. The van der Waals surface area contributed by atoms with Gasteiger partial charge in [-0.1, -0.05) is 0 Å². The summed E-state index contributed by atoms with van der Waals surface area (Å²) in [5.74, 6) is 0.756. The van der Waals surface area contributed by atoms with Crippen LogP contribution >= 0.6 is 0 Å². The summed E-state index contributed by atoms with van der Waals surface area (Å²) in [5, 5.41) is 4.79. The van der Waals surface area contributed by atoms with E-state index >= 15 is 0 Å². The van der Waals surface area contributed by atoms with E-state index in [4.69, 9.17) is 4.42 Å². The summed E-state index contributed by atoms with van der Waals surface area (Å²) in [7, 11) is 0. The van der Waals surface area contributed by atoms with Crippen molar-refractivity contribution >= 4 is 17.4 Å². The molecule has 0 saturated carbocycles. The van der Waals surface area contributed by atoms with Gasteiger partial charge in [0.05, 0.1) is 6.26 Å². The van der Waals surface area contributed by atoms with E-state index in [1.165, 1.54) is 6.92 Å². The van der Waals surface area contributed by atoms with Gasteiger partial charge in [0.1, 0.15) is 6.04 Å². The molecule has 0 unspecified atom stereocenters. The molecule has 0 spiro atoms. The molecule has 5 heteroatoms. The average molecular weight is 301 g/mol. The minimum absolute atomic E-state index is 0.00634. The molecule has 3 N–H and O–H groups in total. The van der Waals surface area contributed by atoms with Gasteiger partial charge in [-0.2, -0.15) is 0 Å². The van der Waals surface area contributed by atoms with E-state index in [2.05, 4.69) is 5.32 Å².